The summed E-state index contributed by atoms with van der Waals surface area (Å²) in [5, 5.41) is 14.6. The summed E-state index contributed by atoms with van der Waals surface area (Å²) in [7, 11) is -3.86. The fourth-order valence-corrected chi connectivity index (χ4v) is 3.96. The molecular weight excluding hydrogens is 340 g/mol. The van der Waals surface area contributed by atoms with Gasteiger partial charge in [-0.3, -0.25) is 9.52 Å². The molecule has 2 rings (SSSR count). The number of rotatable bonds is 6. The van der Waals surface area contributed by atoms with Gasteiger partial charge in [0.15, 0.2) is 0 Å². The van der Waals surface area contributed by atoms with Gasteiger partial charge in [-0.2, -0.15) is 0 Å². The largest absolute Gasteiger partial charge is 0.545 e. The van der Waals surface area contributed by atoms with Gasteiger partial charge in [0.1, 0.15) is 0 Å². The number of aromatic carboxylic acids is 1. The monoisotopic (exact) mass is 353 g/mol. The van der Waals surface area contributed by atoms with Gasteiger partial charge >= 0.3 is 0 Å². The molecule has 0 aliphatic carbocycles. The smallest absolute Gasteiger partial charge is 0.262 e. The molecule has 0 aliphatic heterocycles. The van der Waals surface area contributed by atoms with E-state index in [9.17, 15) is 23.1 Å². The van der Waals surface area contributed by atoms with Gasteiger partial charge in [0, 0.05) is 17.6 Å². The molecule has 1 aromatic heterocycles. The molecule has 2 aromatic rings. The third kappa shape index (κ3) is 4.08. The lowest BCUT2D eigenvalue weighted by Crippen LogP contribution is -2.22. The number of anilines is 1. The SMILES string of the molecule is CCNC(=O)c1cc(S(=O)(=O)Nc2ccc(C(=O)[O-])cc2)cs1. The predicted molar refractivity (Wildman–Crippen MR) is 83.9 cm³/mol. The zero-order valence-corrected chi connectivity index (χ0v) is 13.7. The van der Waals surface area contributed by atoms with Gasteiger partial charge in [-0.05, 0) is 30.7 Å². The summed E-state index contributed by atoms with van der Waals surface area (Å²) in [6.45, 7) is 2.21. The van der Waals surface area contributed by atoms with E-state index >= 15 is 0 Å². The Morgan fingerprint density at radius 2 is 1.87 bits per heavy atom. The first-order chi connectivity index (χ1) is 10.8. The van der Waals surface area contributed by atoms with Crippen LogP contribution in [0.5, 0.6) is 0 Å². The third-order valence-electron chi connectivity index (χ3n) is 2.82. The fraction of sp³-hybridized carbons (Fsp3) is 0.143. The number of amides is 1. The van der Waals surface area contributed by atoms with Crippen molar-refractivity contribution in [1.82, 2.24) is 5.32 Å². The number of carbonyl (C=O) groups excluding carboxylic acids is 2. The molecular formula is C14H13N2O5S2-. The second-order valence-electron chi connectivity index (χ2n) is 4.48. The predicted octanol–water partition coefficient (Wildman–Crippen LogP) is 0.662. The Morgan fingerprint density at radius 1 is 1.22 bits per heavy atom. The Kier molecular flexibility index (Phi) is 5.02. The van der Waals surface area contributed by atoms with E-state index in [0.29, 0.717) is 11.4 Å². The van der Waals surface area contributed by atoms with E-state index in [0.717, 1.165) is 11.3 Å². The zero-order valence-electron chi connectivity index (χ0n) is 12.0. The van der Waals surface area contributed by atoms with Crippen LogP contribution in [0.25, 0.3) is 0 Å². The number of sulfonamides is 1. The normalized spacial score (nSPS) is 11.0. The number of thiophene rings is 1. The van der Waals surface area contributed by atoms with Gasteiger partial charge in [0.2, 0.25) is 0 Å². The van der Waals surface area contributed by atoms with Crippen molar-refractivity contribution in [3.8, 4) is 0 Å². The maximum absolute atomic E-state index is 12.2. The third-order valence-corrected chi connectivity index (χ3v) is 5.26. The average molecular weight is 353 g/mol. The van der Waals surface area contributed by atoms with Crippen molar-refractivity contribution in [3.05, 3.63) is 46.2 Å². The Bertz CT molecular complexity index is 825. The summed E-state index contributed by atoms with van der Waals surface area (Å²) in [5.74, 6) is -1.68. The van der Waals surface area contributed by atoms with Crippen LogP contribution in [0.4, 0.5) is 5.69 Å². The Morgan fingerprint density at radius 3 is 2.43 bits per heavy atom. The van der Waals surface area contributed by atoms with Crippen LogP contribution < -0.4 is 15.1 Å². The number of hydrogen-bond acceptors (Lipinski definition) is 6. The van der Waals surface area contributed by atoms with Crippen LogP contribution in [0.1, 0.15) is 27.0 Å². The zero-order chi connectivity index (χ0) is 17.0. The van der Waals surface area contributed by atoms with Crippen molar-refractivity contribution in [2.45, 2.75) is 11.8 Å². The molecule has 1 heterocycles. The molecule has 0 unspecified atom stereocenters. The molecule has 1 amide bonds. The molecule has 2 N–H and O–H groups in total. The van der Waals surface area contributed by atoms with E-state index in [2.05, 4.69) is 10.0 Å². The molecule has 9 heteroatoms. The second kappa shape index (κ2) is 6.80. The van der Waals surface area contributed by atoms with Crippen molar-refractivity contribution in [2.75, 3.05) is 11.3 Å². The van der Waals surface area contributed by atoms with Gasteiger partial charge in [-0.1, -0.05) is 12.1 Å². The molecule has 0 radical (unpaired) electrons. The molecule has 0 aliphatic rings. The topological polar surface area (TPSA) is 115 Å². The van der Waals surface area contributed by atoms with Crippen LogP contribution in [-0.2, 0) is 10.0 Å². The number of carbonyl (C=O) groups is 2. The molecule has 0 fully saturated rings. The molecule has 0 saturated heterocycles. The van der Waals surface area contributed by atoms with Crippen LogP contribution >= 0.6 is 11.3 Å². The van der Waals surface area contributed by atoms with Crippen LogP contribution in [0.3, 0.4) is 0 Å². The average Bonchev–Trinajstić information content (AvgIpc) is 2.98. The van der Waals surface area contributed by atoms with E-state index in [1.165, 1.54) is 35.7 Å². The van der Waals surface area contributed by atoms with E-state index in [1.807, 2.05) is 0 Å². The summed E-state index contributed by atoms with van der Waals surface area (Å²) in [6, 6.07) is 6.40. The second-order valence-corrected chi connectivity index (χ2v) is 7.07. The summed E-state index contributed by atoms with van der Waals surface area (Å²) in [6.07, 6.45) is 0. The van der Waals surface area contributed by atoms with Crippen LogP contribution in [0.2, 0.25) is 0 Å². The van der Waals surface area contributed by atoms with Gasteiger partial charge in [0.25, 0.3) is 15.9 Å². The highest BCUT2D eigenvalue weighted by Gasteiger charge is 2.18. The lowest BCUT2D eigenvalue weighted by molar-refractivity contribution is -0.255. The first-order valence-electron chi connectivity index (χ1n) is 6.54. The summed E-state index contributed by atoms with van der Waals surface area (Å²) in [4.78, 5) is 22.6. The molecule has 0 atom stereocenters. The van der Waals surface area contributed by atoms with Gasteiger partial charge < -0.3 is 15.2 Å². The minimum absolute atomic E-state index is 0.0345. The summed E-state index contributed by atoms with van der Waals surface area (Å²) >= 11 is 1.02. The van der Waals surface area contributed by atoms with E-state index in [-0.39, 0.29) is 22.1 Å². The van der Waals surface area contributed by atoms with Gasteiger partial charge in [-0.15, -0.1) is 11.3 Å². The van der Waals surface area contributed by atoms with Crippen LogP contribution in [-0.4, -0.2) is 26.8 Å². The molecule has 122 valence electrons. The van der Waals surface area contributed by atoms with E-state index in [1.54, 1.807) is 6.92 Å². The lowest BCUT2D eigenvalue weighted by atomic mass is 10.2. The number of carboxylic acid groups (broad SMARTS) is 1. The van der Waals surface area contributed by atoms with Crippen molar-refractivity contribution in [1.29, 1.82) is 0 Å². The van der Waals surface area contributed by atoms with E-state index in [4.69, 9.17) is 0 Å². The number of carboxylic acids is 1. The molecule has 1 aromatic carbocycles. The highest BCUT2D eigenvalue weighted by molar-refractivity contribution is 7.92. The van der Waals surface area contributed by atoms with Gasteiger partial charge in [0.05, 0.1) is 15.7 Å². The quantitative estimate of drug-likeness (QED) is 0.792. The van der Waals surface area contributed by atoms with Crippen molar-refractivity contribution in [2.24, 2.45) is 0 Å². The van der Waals surface area contributed by atoms with Crippen molar-refractivity contribution in [3.63, 3.8) is 0 Å². The molecule has 0 spiro atoms. The maximum Gasteiger partial charge on any atom is 0.262 e. The Hall–Kier alpha value is -2.39. The Labute approximate surface area is 137 Å². The van der Waals surface area contributed by atoms with Crippen molar-refractivity contribution >= 4 is 38.9 Å². The highest BCUT2D eigenvalue weighted by Crippen LogP contribution is 2.22. The molecule has 0 bridgehead atoms. The molecule has 23 heavy (non-hydrogen) atoms. The maximum atomic E-state index is 12.2. The first kappa shape index (κ1) is 17.0. The Balaban J connectivity index is 2.18. The lowest BCUT2D eigenvalue weighted by Gasteiger charge is -2.08. The van der Waals surface area contributed by atoms with Crippen LogP contribution in [0.15, 0.2) is 40.6 Å². The number of hydrogen-bond donors (Lipinski definition) is 2. The van der Waals surface area contributed by atoms with Crippen molar-refractivity contribution < 1.29 is 23.1 Å². The minimum Gasteiger partial charge on any atom is -0.545 e. The number of nitrogens with one attached hydrogen (secondary N) is 2. The first-order valence-corrected chi connectivity index (χ1v) is 8.90. The standard InChI is InChI=1S/C14H14N2O5S2/c1-2-15-13(17)12-7-11(8-22-12)23(20,21)16-10-5-3-9(4-6-10)14(18)19/h3-8,16H,2H2,1H3,(H,15,17)(H,18,19)/p-1. The summed E-state index contributed by atoms with van der Waals surface area (Å²) in [5.41, 5.74) is 0.155. The summed E-state index contributed by atoms with van der Waals surface area (Å²) < 4.78 is 26.8. The van der Waals surface area contributed by atoms with Crippen LogP contribution in [0, 0.1) is 0 Å². The molecule has 7 nitrogen and oxygen atoms in total. The number of benzene rings is 1. The highest BCUT2D eigenvalue weighted by atomic mass is 32.2. The minimum atomic E-state index is -3.86. The van der Waals surface area contributed by atoms with E-state index < -0.39 is 16.0 Å². The molecule has 0 saturated carbocycles. The van der Waals surface area contributed by atoms with Gasteiger partial charge in [-0.25, -0.2) is 8.42 Å². The fourth-order valence-electron chi connectivity index (χ4n) is 1.71.